The van der Waals surface area contributed by atoms with Crippen LogP contribution in [0.15, 0.2) is 11.1 Å². The highest BCUT2D eigenvalue weighted by molar-refractivity contribution is 6.30. The van der Waals surface area contributed by atoms with Crippen LogP contribution in [0.2, 0.25) is 0 Å². The molecule has 0 saturated heterocycles. The average molecular weight is 186 g/mol. The van der Waals surface area contributed by atoms with Crippen molar-refractivity contribution in [3.63, 3.8) is 0 Å². The lowest BCUT2D eigenvalue weighted by atomic mass is 9.69. The van der Waals surface area contributed by atoms with Crippen LogP contribution in [0, 0.1) is 22.2 Å². The maximum absolute atomic E-state index is 8.45. The molecule has 0 aliphatic rings. The van der Waals surface area contributed by atoms with Crippen molar-refractivity contribution in [2.24, 2.45) is 10.8 Å². The van der Waals surface area contributed by atoms with Gasteiger partial charge in [0, 0.05) is 16.5 Å². The second-order valence-electron chi connectivity index (χ2n) is 4.50. The summed E-state index contributed by atoms with van der Waals surface area (Å²) < 4.78 is 0. The highest BCUT2D eigenvalue weighted by Gasteiger charge is 2.35. The third-order valence-electron chi connectivity index (χ3n) is 2.66. The second-order valence-corrected chi connectivity index (χ2v) is 4.90. The van der Waals surface area contributed by atoms with E-state index in [1.54, 1.807) is 0 Å². The van der Waals surface area contributed by atoms with Crippen molar-refractivity contribution in [2.75, 3.05) is 0 Å². The van der Waals surface area contributed by atoms with Gasteiger partial charge in [-0.1, -0.05) is 46.2 Å². The Labute approximate surface area is 80.0 Å². The van der Waals surface area contributed by atoms with E-state index in [0.29, 0.717) is 5.03 Å². The van der Waals surface area contributed by atoms with Crippen LogP contribution in [0.3, 0.4) is 0 Å². The number of hydrogen-bond acceptors (Lipinski definition) is 1. The van der Waals surface area contributed by atoms with Crippen molar-refractivity contribution in [1.82, 2.24) is 0 Å². The molecule has 0 fully saturated rings. The summed E-state index contributed by atoms with van der Waals surface area (Å²) in [5.74, 6) is 0. The molecule has 0 rings (SSSR count). The number of allylic oxidation sites excluding steroid dienone is 2. The molecular weight excluding hydrogens is 170 g/mol. The van der Waals surface area contributed by atoms with Crippen LogP contribution in [0.4, 0.5) is 0 Å². The van der Waals surface area contributed by atoms with E-state index in [-0.39, 0.29) is 10.8 Å². The third kappa shape index (κ3) is 2.25. The van der Waals surface area contributed by atoms with Crippen molar-refractivity contribution in [2.45, 2.75) is 34.6 Å². The van der Waals surface area contributed by atoms with E-state index in [0.717, 1.165) is 0 Å². The molecule has 0 aliphatic heterocycles. The Bertz CT molecular complexity index is 225. The molecule has 0 radical (unpaired) electrons. The fourth-order valence-electron chi connectivity index (χ4n) is 0.595. The van der Waals surface area contributed by atoms with Crippen LogP contribution in [0.5, 0.6) is 0 Å². The van der Waals surface area contributed by atoms with Gasteiger partial charge < -0.3 is 0 Å². The maximum atomic E-state index is 8.45. The lowest BCUT2D eigenvalue weighted by Gasteiger charge is -2.38. The summed E-state index contributed by atoms with van der Waals surface area (Å²) in [7, 11) is 0. The van der Waals surface area contributed by atoms with Crippen LogP contribution in [-0.4, -0.2) is 0 Å². The van der Waals surface area contributed by atoms with E-state index in [1.807, 2.05) is 19.9 Å². The van der Waals surface area contributed by atoms with Gasteiger partial charge in [0.1, 0.15) is 0 Å². The first-order valence-electron chi connectivity index (χ1n) is 3.99. The minimum atomic E-state index is -0.149. The highest BCUT2D eigenvalue weighted by atomic mass is 35.5. The van der Waals surface area contributed by atoms with Gasteiger partial charge in [-0.3, -0.25) is 0 Å². The smallest absolute Gasteiger partial charge is 0.0924 e. The summed E-state index contributed by atoms with van der Waals surface area (Å²) in [4.78, 5) is 0. The summed E-state index contributed by atoms with van der Waals surface area (Å²) in [6.07, 6.45) is 1.41. The lowest BCUT2D eigenvalue weighted by molar-refractivity contribution is 0.187. The van der Waals surface area contributed by atoms with Crippen LogP contribution in [0.1, 0.15) is 34.6 Å². The van der Waals surface area contributed by atoms with Crippen molar-refractivity contribution < 1.29 is 0 Å². The molecule has 0 heterocycles. The average Bonchev–Trinajstić information content (AvgIpc) is 1.85. The normalized spacial score (nSPS) is 14.2. The monoisotopic (exact) mass is 185 g/mol. The summed E-state index contributed by atoms with van der Waals surface area (Å²) >= 11 is 6.00. The zero-order chi connectivity index (χ0) is 9.99. The molecule has 68 valence electrons. The van der Waals surface area contributed by atoms with Crippen molar-refractivity contribution in [3.8, 4) is 6.07 Å². The van der Waals surface area contributed by atoms with Crippen LogP contribution in [0.25, 0.3) is 0 Å². The number of hydrogen-bond donors (Lipinski definition) is 0. The maximum Gasteiger partial charge on any atom is 0.0924 e. The predicted octanol–water partition coefficient (Wildman–Crippen LogP) is 3.70. The van der Waals surface area contributed by atoms with Gasteiger partial charge in [0.2, 0.25) is 0 Å². The van der Waals surface area contributed by atoms with Crippen molar-refractivity contribution in [1.29, 1.82) is 5.26 Å². The molecule has 0 aromatic rings. The van der Waals surface area contributed by atoms with Gasteiger partial charge in [0.15, 0.2) is 0 Å². The first-order chi connectivity index (χ1) is 5.23. The van der Waals surface area contributed by atoms with E-state index in [2.05, 4.69) is 20.8 Å². The Morgan fingerprint density at radius 2 is 1.67 bits per heavy atom. The molecular formula is C10H16ClN. The van der Waals surface area contributed by atoms with Gasteiger partial charge >= 0.3 is 0 Å². The number of halogens is 1. The molecule has 0 N–H and O–H groups in total. The topological polar surface area (TPSA) is 23.8 Å². The van der Waals surface area contributed by atoms with Gasteiger partial charge in [-0.05, 0) is 5.41 Å². The van der Waals surface area contributed by atoms with E-state index < -0.39 is 0 Å². The minimum Gasteiger partial charge on any atom is -0.193 e. The first-order valence-corrected chi connectivity index (χ1v) is 4.37. The number of nitrogens with zero attached hydrogens (tertiary/aromatic N) is 1. The summed E-state index contributed by atoms with van der Waals surface area (Å²) in [5, 5.41) is 9.08. The number of nitriles is 1. The lowest BCUT2D eigenvalue weighted by Crippen LogP contribution is -2.29. The zero-order valence-electron chi connectivity index (χ0n) is 8.40. The van der Waals surface area contributed by atoms with Crippen LogP contribution < -0.4 is 0 Å². The molecule has 0 amide bonds. The molecule has 1 nitrogen and oxygen atoms in total. The molecule has 0 saturated carbocycles. The molecule has 0 unspecified atom stereocenters. The molecule has 0 spiro atoms. The van der Waals surface area contributed by atoms with Gasteiger partial charge in [0.25, 0.3) is 0 Å². The Hall–Kier alpha value is -0.480. The molecule has 0 bridgehead atoms. The zero-order valence-corrected chi connectivity index (χ0v) is 9.16. The second kappa shape index (κ2) is 3.49. The van der Waals surface area contributed by atoms with Crippen LogP contribution in [-0.2, 0) is 0 Å². The van der Waals surface area contributed by atoms with Crippen LogP contribution >= 0.6 is 11.6 Å². The first kappa shape index (κ1) is 11.5. The van der Waals surface area contributed by atoms with Gasteiger partial charge in [-0.15, -0.1) is 0 Å². The third-order valence-corrected chi connectivity index (χ3v) is 3.24. The molecule has 12 heavy (non-hydrogen) atoms. The molecule has 2 heteroatoms. The van der Waals surface area contributed by atoms with Gasteiger partial charge in [-0.2, -0.15) is 5.26 Å². The standard InChI is InChI=1S/C10H16ClN/c1-9(2,3)10(4,5)8(11)6-7-12/h6H,1-5H3/b8-6-. The van der Waals surface area contributed by atoms with Crippen molar-refractivity contribution in [3.05, 3.63) is 11.1 Å². The summed E-state index contributed by atoms with van der Waals surface area (Å²) in [6, 6.07) is 1.95. The van der Waals surface area contributed by atoms with E-state index >= 15 is 0 Å². The molecule has 0 aliphatic carbocycles. The minimum absolute atomic E-state index is 0.0669. The fourth-order valence-corrected chi connectivity index (χ4v) is 0.928. The fraction of sp³-hybridized carbons (Fsp3) is 0.700. The Morgan fingerprint density at radius 1 is 1.25 bits per heavy atom. The SMILES string of the molecule is CC(C)(C)C(C)(C)/C(Cl)=C/C#N. The summed E-state index contributed by atoms with van der Waals surface area (Å²) in [5.41, 5.74) is -0.0816. The molecule has 0 atom stereocenters. The largest absolute Gasteiger partial charge is 0.193 e. The quantitative estimate of drug-likeness (QED) is 0.572. The van der Waals surface area contributed by atoms with Gasteiger partial charge in [-0.25, -0.2) is 0 Å². The van der Waals surface area contributed by atoms with E-state index in [1.165, 1.54) is 6.08 Å². The molecule has 0 aromatic heterocycles. The predicted molar refractivity (Wildman–Crippen MR) is 52.8 cm³/mol. The molecule has 0 aromatic carbocycles. The van der Waals surface area contributed by atoms with E-state index in [9.17, 15) is 0 Å². The van der Waals surface area contributed by atoms with Crippen molar-refractivity contribution >= 4 is 11.6 Å². The Kier molecular flexibility index (Phi) is 3.35. The van der Waals surface area contributed by atoms with Gasteiger partial charge in [0.05, 0.1) is 6.07 Å². The highest BCUT2D eigenvalue weighted by Crippen LogP contribution is 2.45. The van der Waals surface area contributed by atoms with E-state index in [4.69, 9.17) is 16.9 Å². The Morgan fingerprint density at radius 3 is 1.92 bits per heavy atom. The Balaban J connectivity index is 4.89. The number of rotatable bonds is 1. The summed E-state index contributed by atoms with van der Waals surface area (Å²) in [6.45, 7) is 10.4.